The van der Waals surface area contributed by atoms with Gasteiger partial charge >= 0.3 is 0 Å². The van der Waals surface area contributed by atoms with Crippen LogP contribution in [0, 0.1) is 0 Å². The van der Waals surface area contributed by atoms with Crippen molar-refractivity contribution in [2.75, 3.05) is 13.7 Å². The number of amides is 1. The molecule has 1 amide bonds. The fourth-order valence-corrected chi connectivity index (χ4v) is 2.37. The highest BCUT2D eigenvalue weighted by Crippen LogP contribution is 2.21. The summed E-state index contributed by atoms with van der Waals surface area (Å²) in [5, 5.41) is 3.58. The Morgan fingerprint density at radius 3 is 2.58 bits per heavy atom. The lowest BCUT2D eigenvalue weighted by molar-refractivity contribution is 0.0950. The van der Waals surface area contributed by atoms with Gasteiger partial charge in [0.2, 0.25) is 0 Å². The van der Waals surface area contributed by atoms with Crippen molar-refractivity contribution < 1.29 is 14.3 Å². The Labute approximate surface area is 147 Å². The van der Waals surface area contributed by atoms with Crippen molar-refractivity contribution in [3.63, 3.8) is 0 Å². The summed E-state index contributed by atoms with van der Waals surface area (Å²) >= 11 is 5.86. The number of hydrogen-bond acceptors (Lipinski definition) is 3. The monoisotopic (exact) mass is 347 g/mol. The summed E-state index contributed by atoms with van der Waals surface area (Å²) in [6.45, 7) is 3.60. The van der Waals surface area contributed by atoms with Gasteiger partial charge in [-0.05, 0) is 42.3 Å². The van der Waals surface area contributed by atoms with E-state index in [1.165, 1.54) is 0 Å². The van der Waals surface area contributed by atoms with E-state index < -0.39 is 0 Å². The molecule has 0 saturated carbocycles. The van der Waals surface area contributed by atoms with Gasteiger partial charge in [0.15, 0.2) is 0 Å². The zero-order valence-corrected chi connectivity index (χ0v) is 14.7. The molecule has 0 heterocycles. The number of halogens is 1. The number of ether oxygens (including phenoxy) is 2. The molecule has 0 unspecified atom stereocenters. The third-order valence-corrected chi connectivity index (χ3v) is 3.77. The fraction of sp³-hybridized carbons (Fsp3) is 0.316. The maximum atomic E-state index is 12.3. The number of benzene rings is 2. The predicted molar refractivity (Wildman–Crippen MR) is 95.6 cm³/mol. The van der Waals surface area contributed by atoms with Crippen molar-refractivity contribution in [1.82, 2.24) is 5.32 Å². The Kier molecular flexibility index (Phi) is 7.09. The first-order valence-electron chi connectivity index (χ1n) is 7.91. The molecule has 0 bridgehead atoms. The van der Waals surface area contributed by atoms with Gasteiger partial charge in [-0.15, -0.1) is 0 Å². The number of carbonyl (C=O) groups is 1. The van der Waals surface area contributed by atoms with Gasteiger partial charge in [-0.25, -0.2) is 0 Å². The molecule has 2 rings (SSSR count). The van der Waals surface area contributed by atoms with Crippen LogP contribution < -0.4 is 10.1 Å². The van der Waals surface area contributed by atoms with Crippen LogP contribution >= 0.6 is 11.6 Å². The molecule has 0 aliphatic heterocycles. The summed E-state index contributed by atoms with van der Waals surface area (Å²) in [7, 11) is 1.61. The van der Waals surface area contributed by atoms with Gasteiger partial charge < -0.3 is 14.8 Å². The molecule has 1 N–H and O–H groups in total. The number of rotatable bonds is 8. The second-order valence-corrected chi connectivity index (χ2v) is 5.82. The number of hydrogen-bond donors (Lipinski definition) is 1. The van der Waals surface area contributed by atoms with Gasteiger partial charge in [-0.3, -0.25) is 4.79 Å². The summed E-state index contributed by atoms with van der Waals surface area (Å²) in [5.74, 6) is 0.588. The molecule has 0 spiro atoms. The average molecular weight is 348 g/mol. The highest BCUT2D eigenvalue weighted by Gasteiger charge is 2.10. The molecule has 0 aliphatic rings. The Balaban J connectivity index is 2.02. The third kappa shape index (κ3) is 5.25. The number of methoxy groups -OCH3 is 1. The SMILES string of the molecule is CCCOCc1cc(C(=O)NCc2ccc(Cl)cc2)ccc1OC. The Bertz CT molecular complexity index is 671. The van der Waals surface area contributed by atoms with Crippen LogP contribution in [0.25, 0.3) is 0 Å². The minimum Gasteiger partial charge on any atom is -0.496 e. The van der Waals surface area contributed by atoms with Crippen LogP contribution in [0.15, 0.2) is 42.5 Å². The van der Waals surface area contributed by atoms with E-state index in [1.54, 1.807) is 31.4 Å². The standard InChI is InChI=1S/C19H22ClNO3/c1-3-10-24-13-16-11-15(6-9-18(16)23-2)19(22)21-12-14-4-7-17(20)8-5-14/h4-9,11H,3,10,12-13H2,1-2H3,(H,21,22). The molecular weight excluding hydrogens is 326 g/mol. The van der Waals surface area contributed by atoms with E-state index in [-0.39, 0.29) is 5.91 Å². The largest absolute Gasteiger partial charge is 0.496 e. The minimum atomic E-state index is -0.135. The van der Waals surface area contributed by atoms with Crippen LogP contribution in [0.4, 0.5) is 0 Å². The minimum absolute atomic E-state index is 0.135. The second kappa shape index (κ2) is 9.30. The van der Waals surface area contributed by atoms with Crippen molar-refractivity contribution >= 4 is 17.5 Å². The van der Waals surface area contributed by atoms with Crippen molar-refractivity contribution in [3.8, 4) is 5.75 Å². The maximum Gasteiger partial charge on any atom is 0.251 e. The zero-order valence-electron chi connectivity index (χ0n) is 14.0. The van der Waals surface area contributed by atoms with E-state index in [0.29, 0.717) is 30.3 Å². The molecule has 2 aromatic carbocycles. The predicted octanol–water partition coefficient (Wildman–Crippen LogP) is 4.21. The Morgan fingerprint density at radius 2 is 1.92 bits per heavy atom. The normalized spacial score (nSPS) is 10.5. The second-order valence-electron chi connectivity index (χ2n) is 5.39. The molecule has 0 fully saturated rings. The molecule has 4 nitrogen and oxygen atoms in total. The lowest BCUT2D eigenvalue weighted by Crippen LogP contribution is -2.23. The smallest absolute Gasteiger partial charge is 0.251 e. The van der Waals surface area contributed by atoms with Gasteiger partial charge in [-0.1, -0.05) is 30.7 Å². The van der Waals surface area contributed by atoms with Gasteiger partial charge in [0.05, 0.1) is 13.7 Å². The quantitative estimate of drug-likeness (QED) is 0.728. The molecular formula is C19H22ClNO3. The van der Waals surface area contributed by atoms with E-state index in [2.05, 4.69) is 12.2 Å². The fourth-order valence-electron chi connectivity index (χ4n) is 2.25. The van der Waals surface area contributed by atoms with Gasteiger partial charge in [0.25, 0.3) is 5.91 Å². The summed E-state index contributed by atoms with van der Waals surface area (Å²) in [6.07, 6.45) is 0.948. The van der Waals surface area contributed by atoms with Crippen molar-refractivity contribution in [3.05, 3.63) is 64.2 Å². The average Bonchev–Trinajstić information content (AvgIpc) is 2.61. The maximum absolute atomic E-state index is 12.3. The molecule has 0 aromatic heterocycles. The van der Waals surface area contributed by atoms with Gasteiger partial charge in [0, 0.05) is 29.3 Å². The van der Waals surface area contributed by atoms with Crippen LogP contribution in [0.2, 0.25) is 5.02 Å². The van der Waals surface area contributed by atoms with Crippen LogP contribution in [-0.4, -0.2) is 19.6 Å². The molecule has 0 radical (unpaired) electrons. The summed E-state index contributed by atoms with van der Waals surface area (Å²) in [6, 6.07) is 12.7. The zero-order chi connectivity index (χ0) is 17.4. The van der Waals surface area contributed by atoms with Crippen molar-refractivity contribution in [2.45, 2.75) is 26.5 Å². The Morgan fingerprint density at radius 1 is 1.17 bits per heavy atom. The van der Waals surface area contributed by atoms with Gasteiger partial charge in [-0.2, -0.15) is 0 Å². The van der Waals surface area contributed by atoms with Crippen LogP contribution in [-0.2, 0) is 17.9 Å². The molecule has 5 heteroatoms. The lowest BCUT2D eigenvalue weighted by atomic mass is 10.1. The first-order valence-corrected chi connectivity index (χ1v) is 8.29. The summed E-state index contributed by atoms with van der Waals surface area (Å²) in [4.78, 5) is 12.3. The van der Waals surface area contributed by atoms with Gasteiger partial charge in [0.1, 0.15) is 5.75 Å². The van der Waals surface area contributed by atoms with E-state index in [4.69, 9.17) is 21.1 Å². The molecule has 24 heavy (non-hydrogen) atoms. The first kappa shape index (κ1) is 18.3. The van der Waals surface area contributed by atoms with E-state index in [9.17, 15) is 4.79 Å². The summed E-state index contributed by atoms with van der Waals surface area (Å²) < 4.78 is 10.9. The molecule has 128 valence electrons. The van der Waals surface area contributed by atoms with Crippen molar-refractivity contribution in [1.29, 1.82) is 0 Å². The first-order chi connectivity index (χ1) is 11.6. The van der Waals surface area contributed by atoms with E-state index in [0.717, 1.165) is 23.3 Å². The van der Waals surface area contributed by atoms with Crippen LogP contribution in [0.5, 0.6) is 5.75 Å². The Hall–Kier alpha value is -2.04. The number of nitrogens with one attached hydrogen (secondary N) is 1. The van der Waals surface area contributed by atoms with Crippen LogP contribution in [0.1, 0.15) is 34.8 Å². The topological polar surface area (TPSA) is 47.6 Å². The van der Waals surface area contributed by atoms with Crippen LogP contribution in [0.3, 0.4) is 0 Å². The molecule has 0 saturated heterocycles. The lowest BCUT2D eigenvalue weighted by Gasteiger charge is -2.11. The van der Waals surface area contributed by atoms with E-state index >= 15 is 0 Å². The highest BCUT2D eigenvalue weighted by molar-refractivity contribution is 6.30. The van der Waals surface area contributed by atoms with E-state index in [1.807, 2.05) is 18.2 Å². The van der Waals surface area contributed by atoms with Crippen molar-refractivity contribution in [2.24, 2.45) is 0 Å². The highest BCUT2D eigenvalue weighted by atomic mass is 35.5. The summed E-state index contributed by atoms with van der Waals surface area (Å²) in [5.41, 5.74) is 2.44. The molecule has 2 aromatic rings. The third-order valence-electron chi connectivity index (χ3n) is 3.51. The molecule has 0 atom stereocenters. The molecule has 0 aliphatic carbocycles. The number of carbonyl (C=O) groups excluding carboxylic acids is 1.